The summed E-state index contributed by atoms with van der Waals surface area (Å²) in [5.41, 5.74) is 12.0. The zero-order chi connectivity index (χ0) is 43.1. The maximum absolute atomic E-state index is 16.3. The second kappa shape index (κ2) is 14.4. The van der Waals surface area contributed by atoms with E-state index in [0.717, 1.165) is 89.4 Å². The number of fused-ring (bicyclic) bond motifs is 6. The van der Waals surface area contributed by atoms with Crippen LogP contribution in [0.2, 0.25) is 0 Å². The van der Waals surface area contributed by atoms with Crippen molar-refractivity contribution in [1.82, 2.24) is 9.13 Å². The topological polar surface area (TPSA) is 33.6 Å². The molecule has 0 aliphatic rings. The number of benzene rings is 8. The molecule has 5 heteroatoms. The first-order valence-corrected chi connectivity index (χ1v) is 21.1. The van der Waals surface area contributed by atoms with Gasteiger partial charge in [0.1, 0.15) is 11.6 Å². The van der Waals surface area contributed by atoms with Crippen molar-refractivity contribution in [3.63, 3.8) is 0 Å². The fraction of sp³-hybridized carbons (Fsp3) is 0.140. The zero-order valence-electron chi connectivity index (χ0n) is 35.7. The van der Waals surface area contributed by atoms with Crippen LogP contribution in [0.25, 0.3) is 88.4 Å². The maximum atomic E-state index is 16.3. The van der Waals surface area contributed by atoms with Crippen molar-refractivity contribution in [2.75, 3.05) is 0 Å². The van der Waals surface area contributed by atoms with Crippen molar-refractivity contribution in [3.8, 4) is 50.8 Å². The summed E-state index contributed by atoms with van der Waals surface area (Å²) in [5.74, 6) is -1.59. The summed E-state index contributed by atoms with van der Waals surface area (Å²) in [7, 11) is 0. The standard InChI is InChI=1S/C57H45F2N3/c1-56(2,3)41-19-23-51-47(31-41)45-21-17-38(36-13-9-7-10-14-36)29-53(45)61(51)43-27-40(55-49(58)25-35(34-60)26-50(55)59)28-44(33-43)62-52-24-20-42(57(4,5)6)32-48(52)46-22-18-39(30-54(46)62)37-15-11-8-12-16-37/h7-33H,1-6H3. The Morgan fingerprint density at radius 1 is 0.403 bits per heavy atom. The zero-order valence-corrected chi connectivity index (χ0v) is 35.7. The van der Waals surface area contributed by atoms with Gasteiger partial charge in [-0.05, 0) is 117 Å². The molecule has 10 aromatic rings. The summed E-state index contributed by atoms with van der Waals surface area (Å²) < 4.78 is 37.1. The molecular weight excluding hydrogens is 765 g/mol. The summed E-state index contributed by atoms with van der Waals surface area (Å²) >= 11 is 0. The highest BCUT2D eigenvalue weighted by Gasteiger charge is 2.24. The van der Waals surface area contributed by atoms with Crippen LogP contribution < -0.4 is 0 Å². The Labute approximate surface area is 360 Å². The summed E-state index contributed by atoms with van der Waals surface area (Å²) in [6.07, 6.45) is 0. The van der Waals surface area contributed by atoms with E-state index in [1.807, 2.05) is 54.6 Å². The molecule has 2 heterocycles. The number of hydrogen-bond donors (Lipinski definition) is 0. The number of halogens is 2. The number of rotatable bonds is 5. The Morgan fingerprint density at radius 3 is 1.24 bits per heavy atom. The quantitative estimate of drug-likeness (QED) is 0.170. The van der Waals surface area contributed by atoms with Gasteiger partial charge in [-0.1, -0.05) is 139 Å². The Hall–Kier alpha value is -7.29. The summed E-state index contributed by atoms with van der Waals surface area (Å²) in [4.78, 5) is 0. The molecule has 2 aromatic heterocycles. The van der Waals surface area contributed by atoms with E-state index in [-0.39, 0.29) is 22.0 Å². The smallest absolute Gasteiger partial charge is 0.135 e. The van der Waals surface area contributed by atoms with Gasteiger partial charge in [0.15, 0.2) is 0 Å². The van der Waals surface area contributed by atoms with Crippen LogP contribution in [0.1, 0.15) is 58.2 Å². The molecule has 0 bridgehead atoms. The predicted octanol–water partition coefficient (Wildman–Crippen LogP) is 15.6. The minimum atomic E-state index is -0.795. The molecule has 0 aliphatic heterocycles. The summed E-state index contributed by atoms with van der Waals surface area (Å²) in [5, 5.41) is 14.0. The summed E-state index contributed by atoms with van der Waals surface area (Å²) in [6, 6.07) is 57.1. The average molecular weight is 810 g/mol. The summed E-state index contributed by atoms with van der Waals surface area (Å²) in [6.45, 7) is 13.3. The van der Waals surface area contributed by atoms with E-state index in [1.54, 1.807) is 0 Å². The van der Waals surface area contributed by atoms with Crippen LogP contribution in [-0.4, -0.2) is 9.13 Å². The molecule has 62 heavy (non-hydrogen) atoms. The first-order chi connectivity index (χ1) is 29.8. The molecule has 0 radical (unpaired) electrons. The fourth-order valence-electron chi connectivity index (χ4n) is 9.06. The maximum Gasteiger partial charge on any atom is 0.135 e. The SMILES string of the molecule is CC(C)(C)c1ccc2c(c1)c1ccc(-c3ccccc3)cc1n2-c1cc(-c2c(F)cc(C#N)cc2F)cc(-n2c3ccc(C(C)(C)C)cc3c3ccc(-c4ccccc4)cc32)c1. The molecule has 8 aromatic carbocycles. The minimum Gasteiger partial charge on any atom is -0.309 e. The third-order valence-corrected chi connectivity index (χ3v) is 12.4. The van der Waals surface area contributed by atoms with Crippen molar-refractivity contribution in [2.24, 2.45) is 0 Å². The third kappa shape index (κ3) is 6.55. The number of hydrogen-bond acceptors (Lipinski definition) is 1. The predicted molar refractivity (Wildman–Crippen MR) is 253 cm³/mol. The molecule has 0 saturated heterocycles. The van der Waals surface area contributed by atoms with E-state index in [9.17, 15) is 5.26 Å². The van der Waals surface area contributed by atoms with Crippen LogP contribution in [0.4, 0.5) is 8.78 Å². The van der Waals surface area contributed by atoms with E-state index in [0.29, 0.717) is 5.56 Å². The van der Waals surface area contributed by atoms with E-state index in [2.05, 4.69) is 154 Å². The van der Waals surface area contributed by atoms with E-state index in [4.69, 9.17) is 0 Å². The van der Waals surface area contributed by atoms with Gasteiger partial charge in [-0.3, -0.25) is 0 Å². The van der Waals surface area contributed by atoms with Crippen molar-refractivity contribution in [1.29, 1.82) is 5.26 Å². The molecule has 0 fully saturated rings. The number of aromatic nitrogens is 2. The lowest BCUT2D eigenvalue weighted by Crippen LogP contribution is -2.10. The van der Waals surface area contributed by atoms with Crippen molar-refractivity contribution in [3.05, 3.63) is 192 Å². The first kappa shape index (κ1) is 38.9. The van der Waals surface area contributed by atoms with Gasteiger partial charge in [-0.25, -0.2) is 8.78 Å². The Bertz CT molecular complexity index is 3230. The molecule has 0 amide bonds. The van der Waals surface area contributed by atoms with Gasteiger partial charge in [0.2, 0.25) is 0 Å². The lowest BCUT2D eigenvalue weighted by atomic mass is 9.86. The minimum absolute atomic E-state index is 0.0730. The second-order valence-electron chi connectivity index (χ2n) is 18.5. The molecule has 0 N–H and O–H groups in total. The van der Waals surface area contributed by atoms with Gasteiger partial charge in [0.25, 0.3) is 0 Å². The molecule has 10 rings (SSSR count). The van der Waals surface area contributed by atoms with Crippen molar-refractivity contribution < 1.29 is 8.78 Å². The van der Waals surface area contributed by atoms with Gasteiger partial charge in [0, 0.05) is 32.9 Å². The third-order valence-electron chi connectivity index (χ3n) is 12.4. The Balaban J connectivity index is 1.34. The van der Waals surface area contributed by atoms with E-state index < -0.39 is 11.6 Å². The number of nitrogens with zero attached hydrogens (tertiary/aromatic N) is 3. The van der Waals surface area contributed by atoms with Gasteiger partial charge in [-0.2, -0.15) is 5.26 Å². The molecule has 0 saturated carbocycles. The number of nitriles is 1. The highest BCUT2D eigenvalue weighted by Crippen LogP contribution is 2.42. The normalized spacial score (nSPS) is 12.2. The van der Waals surface area contributed by atoms with E-state index >= 15 is 8.78 Å². The van der Waals surface area contributed by atoms with Gasteiger partial charge >= 0.3 is 0 Å². The molecular formula is C57H45F2N3. The average Bonchev–Trinajstić information content (AvgIpc) is 3.77. The highest BCUT2D eigenvalue weighted by molar-refractivity contribution is 6.12. The Kier molecular flexibility index (Phi) is 9.05. The van der Waals surface area contributed by atoms with Crippen LogP contribution in [0.15, 0.2) is 164 Å². The van der Waals surface area contributed by atoms with Gasteiger partial charge in [0.05, 0.1) is 39.3 Å². The van der Waals surface area contributed by atoms with Crippen molar-refractivity contribution in [2.45, 2.75) is 52.4 Å². The molecule has 0 atom stereocenters. The van der Waals surface area contributed by atoms with Crippen LogP contribution >= 0.6 is 0 Å². The van der Waals surface area contributed by atoms with Gasteiger partial charge in [-0.15, -0.1) is 0 Å². The first-order valence-electron chi connectivity index (χ1n) is 21.1. The largest absolute Gasteiger partial charge is 0.309 e. The molecule has 3 nitrogen and oxygen atoms in total. The Morgan fingerprint density at radius 2 is 0.839 bits per heavy atom. The lowest BCUT2D eigenvalue weighted by molar-refractivity contribution is 0.588. The van der Waals surface area contributed by atoms with Crippen LogP contribution in [0.5, 0.6) is 0 Å². The molecule has 0 spiro atoms. The van der Waals surface area contributed by atoms with Crippen LogP contribution in [0.3, 0.4) is 0 Å². The van der Waals surface area contributed by atoms with Gasteiger partial charge < -0.3 is 9.13 Å². The molecule has 302 valence electrons. The van der Waals surface area contributed by atoms with Crippen LogP contribution in [-0.2, 0) is 10.8 Å². The molecule has 0 unspecified atom stereocenters. The lowest BCUT2D eigenvalue weighted by Gasteiger charge is -2.20. The fourth-order valence-corrected chi connectivity index (χ4v) is 9.06. The van der Waals surface area contributed by atoms with Crippen molar-refractivity contribution >= 4 is 43.6 Å². The second-order valence-corrected chi connectivity index (χ2v) is 18.5. The molecule has 0 aliphatic carbocycles. The highest BCUT2D eigenvalue weighted by atomic mass is 19.1. The monoisotopic (exact) mass is 809 g/mol. The van der Waals surface area contributed by atoms with Crippen LogP contribution in [0, 0.1) is 23.0 Å². The van der Waals surface area contributed by atoms with E-state index in [1.165, 1.54) is 11.1 Å².